The van der Waals surface area contributed by atoms with Gasteiger partial charge in [-0.25, -0.2) is 0 Å². The molecule has 0 aromatic carbocycles. The molecule has 2 heterocycles. The van der Waals surface area contributed by atoms with Crippen LogP contribution >= 0.6 is 0 Å². The molecule has 2 nitrogen and oxygen atoms in total. The van der Waals surface area contributed by atoms with Crippen molar-refractivity contribution in [2.45, 2.75) is 56.7 Å². The second-order valence-corrected chi connectivity index (χ2v) is 5.01. The van der Waals surface area contributed by atoms with Crippen LogP contribution in [0.15, 0.2) is 0 Å². The first kappa shape index (κ1) is 8.25. The van der Waals surface area contributed by atoms with E-state index in [2.05, 4.69) is 5.32 Å². The molecule has 13 heavy (non-hydrogen) atoms. The minimum Gasteiger partial charge on any atom is -0.378 e. The van der Waals surface area contributed by atoms with Crippen LogP contribution in [0, 0.1) is 5.92 Å². The second-order valence-electron chi connectivity index (χ2n) is 5.01. The van der Waals surface area contributed by atoms with Crippen LogP contribution in [0.5, 0.6) is 0 Å². The van der Waals surface area contributed by atoms with Crippen molar-refractivity contribution in [2.24, 2.45) is 5.92 Å². The molecule has 1 N–H and O–H groups in total. The normalized spacial score (nSPS) is 43.8. The second kappa shape index (κ2) is 3.25. The van der Waals surface area contributed by atoms with Gasteiger partial charge in [0.1, 0.15) is 0 Å². The fraction of sp³-hybridized carbons (Fsp3) is 1.00. The van der Waals surface area contributed by atoms with Gasteiger partial charge in [-0.1, -0.05) is 0 Å². The van der Waals surface area contributed by atoms with Crippen molar-refractivity contribution in [3.63, 3.8) is 0 Å². The smallest absolute Gasteiger partial charge is 0.0604 e. The molecule has 3 fully saturated rings. The van der Waals surface area contributed by atoms with Crippen LogP contribution in [0.4, 0.5) is 0 Å². The Morgan fingerprint density at radius 3 is 2.31 bits per heavy atom. The SMILES string of the molecule is C1CC1COC1C[C@@H]2CC[C@@H](C1)N2. The number of hydrogen-bond acceptors (Lipinski definition) is 2. The van der Waals surface area contributed by atoms with Gasteiger partial charge < -0.3 is 10.1 Å². The van der Waals surface area contributed by atoms with E-state index in [1.807, 2.05) is 0 Å². The zero-order valence-electron chi connectivity index (χ0n) is 8.17. The van der Waals surface area contributed by atoms with E-state index < -0.39 is 0 Å². The van der Waals surface area contributed by atoms with E-state index in [1.54, 1.807) is 0 Å². The number of fused-ring (bicyclic) bond motifs is 2. The van der Waals surface area contributed by atoms with Gasteiger partial charge in [-0.05, 0) is 44.4 Å². The quantitative estimate of drug-likeness (QED) is 0.715. The van der Waals surface area contributed by atoms with Crippen molar-refractivity contribution in [1.29, 1.82) is 0 Å². The molecule has 1 aliphatic carbocycles. The topological polar surface area (TPSA) is 21.3 Å². The molecule has 2 saturated heterocycles. The lowest BCUT2D eigenvalue weighted by Crippen LogP contribution is -2.41. The maximum Gasteiger partial charge on any atom is 0.0604 e. The Balaban J connectivity index is 1.48. The Morgan fingerprint density at radius 2 is 1.69 bits per heavy atom. The van der Waals surface area contributed by atoms with Crippen molar-refractivity contribution >= 4 is 0 Å². The Bertz CT molecular complexity index is 179. The van der Waals surface area contributed by atoms with Crippen LogP contribution in [0.25, 0.3) is 0 Å². The average Bonchev–Trinajstić information content (AvgIpc) is 2.90. The minimum absolute atomic E-state index is 0.583. The van der Waals surface area contributed by atoms with Crippen LogP contribution in [0.1, 0.15) is 38.5 Å². The molecule has 0 amide bonds. The van der Waals surface area contributed by atoms with Crippen LogP contribution in [0.3, 0.4) is 0 Å². The summed E-state index contributed by atoms with van der Waals surface area (Å²) in [4.78, 5) is 0. The molecule has 0 unspecified atom stereocenters. The molecule has 2 atom stereocenters. The summed E-state index contributed by atoms with van der Waals surface area (Å²) in [6.07, 6.45) is 8.71. The summed E-state index contributed by atoms with van der Waals surface area (Å²) in [7, 11) is 0. The molecule has 0 radical (unpaired) electrons. The Morgan fingerprint density at radius 1 is 1.00 bits per heavy atom. The Hall–Kier alpha value is -0.0800. The van der Waals surface area contributed by atoms with Gasteiger partial charge in [-0.15, -0.1) is 0 Å². The molecule has 1 saturated carbocycles. The standard InChI is InChI=1S/C11H19NO/c1-2-8(1)7-13-11-5-9-3-4-10(6-11)12-9/h8-12H,1-7H2/t9-,10-/m0/s1. The third-order valence-electron chi connectivity index (χ3n) is 3.69. The molecule has 0 spiro atoms. The van der Waals surface area contributed by atoms with Crippen LogP contribution < -0.4 is 5.32 Å². The lowest BCUT2D eigenvalue weighted by Gasteiger charge is -2.29. The van der Waals surface area contributed by atoms with Crippen LogP contribution in [-0.4, -0.2) is 24.8 Å². The highest BCUT2D eigenvalue weighted by Gasteiger charge is 2.34. The van der Waals surface area contributed by atoms with E-state index >= 15 is 0 Å². The lowest BCUT2D eigenvalue weighted by atomic mass is 10.0. The predicted molar refractivity (Wildman–Crippen MR) is 51.6 cm³/mol. The molecule has 0 aromatic rings. The van der Waals surface area contributed by atoms with Crippen molar-refractivity contribution < 1.29 is 4.74 Å². The maximum atomic E-state index is 5.95. The van der Waals surface area contributed by atoms with E-state index in [0.29, 0.717) is 6.10 Å². The van der Waals surface area contributed by atoms with Crippen LogP contribution in [-0.2, 0) is 4.74 Å². The van der Waals surface area contributed by atoms with Crippen molar-refractivity contribution in [3.05, 3.63) is 0 Å². The summed E-state index contributed by atoms with van der Waals surface area (Å²) >= 11 is 0. The third-order valence-corrected chi connectivity index (χ3v) is 3.69. The van der Waals surface area contributed by atoms with Gasteiger partial charge in [-0.3, -0.25) is 0 Å². The van der Waals surface area contributed by atoms with E-state index in [1.165, 1.54) is 38.5 Å². The first-order valence-corrected chi connectivity index (χ1v) is 5.78. The van der Waals surface area contributed by atoms with Gasteiger partial charge in [0.25, 0.3) is 0 Å². The highest BCUT2D eigenvalue weighted by atomic mass is 16.5. The fourth-order valence-corrected chi connectivity index (χ4v) is 2.70. The van der Waals surface area contributed by atoms with Gasteiger partial charge in [0.15, 0.2) is 0 Å². The number of piperidine rings is 1. The molecule has 74 valence electrons. The number of hydrogen-bond donors (Lipinski definition) is 1. The summed E-state index contributed by atoms with van der Waals surface area (Å²) in [6, 6.07) is 1.56. The molecule has 2 heteroatoms. The van der Waals surface area contributed by atoms with E-state index in [4.69, 9.17) is 4.74 Å². The third kappa shape index (κ3) is 1.89. The van der Waals surface area contributed by atoms with E-state index in [9.17, 15) is 0 Å². The highest BCUT2D eigenvalue weighted by Crippen LogP contribution is 2.32. The molecule has 2 aliphatic heterocycles. The predicted octanol–water partition coefficient (Wildman–Crippen LogP) is 1.70. The zero-order chi connectivity index (χ0) is 8.67. The molecular formula is C11H19NO. The summed E-state index contributed by atoms with van der Waals surface area (Å²) in [5.41, 5.74) is 0. The van der Waals surface area contributed by atoms with Crippen molar-refractivity contribution in [1.82, 2.24) is 5.32 Å². The zero-order valence-corrected chi connectivity index (χ0v) is 8.17. The molecule has 0 aromatic heterocycles. The van der Waals surface area contributed by atoms with Gasteiger partial charge >= 0.3 is 0 Å². The molecule has 2 bridgehead atoms. The minimum atomic E-state index is 0.583. The monoisotopic (exact) mass is 181 g/mol. The van der Waals surface area contributed by atoms with Crippen LogP contribution in [0.2, 0.25) is 0 Å². The van der Waals surface area contributed by atoms with E-state index in [-0.39, 0.29) is 0 Å². The Labute approximate surface area is 80.0 Å². The van der Waals surface area contributed by atoms with Crippen molar-refractivity contribution in [3.8, 4) is 0 Å². The number of nitrogens with one attached hydrogen (secondary N) is 1. The van der Waals surface area contributed by atoms with Gasteiger partial charge in [0.05, 0.1) is 6.10 Å². The number of rotatable bonds is 3. The summed E-state index contributed by atoms with van der Waals surface area (Å²) in [5, 5.41) is 3.64. The molecule has 3 rings (SSSR count). The van der Waals surface area contributed by atoms with Gasteiger partial charge in [0.2, 0.25) is 0 Å². The highest BCUT2D eigenvalue weighted by molar-refractivity contribution is 4.92. The lowest BCUT2D eigenvalue weighted by molar-refractivity contribution is 0.0145. The van der Waals surface area contributed by atoms with E-state index in [0.717, 1.165) is 24.6 Å². The summed E-state index contributed by atoms with van der Waals surface area (Å²) < 4.78 is 5.95. The van der Waals surface area contributed by atoms with Gasteiger partial charge in [0, 0.05) is 18.7 Å². The maximum absolute atomic E-state index is 5.95. The first-order chi connectivity index (χ1) is 6.40. The molecular weight excluding hydrogens is 162 g/mol. The van der Waals surface area contributed by atoms with Crippen molar-refractivity contribution in [2.75, 3.05) is 6.61 Å². The average molecular weight is 181 g/mol. The number of ether oxygens (including phenoxy) is 1. The fourth-order valence-electron chi connectivity index (χ4n) is 2.70. The summed E-state index contributed by atoms with van der Waals surface area (Å²) in [6.45, 7) is 1.05. The Kier molecular flexibility index (Phi) is 2.06. The summed E-state index contributed by atoms with van der Waals surface area (Å²) in [5.74, 6) is 0.924. The first-order valence-electron chi connectivity index (χ1n) is 5.78. The van der Waals surface area contributed by atoms with Gasteiger partial charge in [-0.2, -0.15) is 0 Å². The molecule has 3 aliphatic rings. The largest absolute Gasteiger partial charge is 0.378 e.